The summed E-state index contributed by atoms with van der Waals surface area (Å²) >= 11 is 11.8. The van der Waals surface area contributed by atoms with Crippen LogP contribution in [0.15, 0.2) is 27.9 Å². The van der Waals surface area contributed by atoms with Gasteiger partial charge in [-0.25, -0.2) is 10.1 Å². The Labute approximate surface area is 117 Å². The van der Waals surface area contributed by atoms with Crippen molar-refractivity contribution in [3.8, 4) is 0 Å². The highest BCUT2D eigenvalue weighted by atomic mass is 35.5. The zero-order valence-corrected chi connectivity index (χ0v) is 10.8. The van der Waals surface area contributed by atoms with Crippen LogP contribution in [0.3, 0.4) is 0 Å². The summed E-state index contributed by atoms with van der Waals surface area (Å²) in [4.78, 5) is 11.5. The lowest BCUT2D eigenvalue weighted by molar-refractivity contribution is 0.0946. The van der Waals surface area contributed by atoms with Gasteiger partial charge in [0.25, 0.3) is 5.91 Å². The molecule has 0 aliphatic rings. The van der Waals surface area contributed by atoms with Crippen LogP contribution < -0.4 is 11.2 Å². The smallest absolute Gasteiger partial charge is 0.297 e. The molecule has 0 atom stereocenters. The van der Waals surface area contributed by atoms with Gasteiger partial charge in [0.2, 0.25) is 11.5 Å². The lowest BCUT2D eigenvalue weighted by Gasteiger charge is -1.99. The molecule has 0 bridgehead atoms. The van der Waals surface area contributed by atoms with Crippen molar-refractivity contribution < 1.29 is 9.42 Å². The molecule has 1 amide bonds. The van der Waals surface area contributed by atoms with Crippen molar-refractivity contribution in [2.24, 2.45) is 5.10 Å². The molecule has 98 valence electrons. The number of carbonyl (C=O) groups is 1. The summed E-state index contributed by atoms with van der Waals surface area (Å²) in [5.74, 6) is -0.762. The molecule has 0 aliphatic heterocycles. The van der Waals surface area contributed by atoms with Crippen LogP contribution in [0.2, 0.25) is 10.0 Å². The average molecular weight is 300 g/mol. The van der Waals surface area contributed by atoms with E-state index in [0.29, 0.717) is 15.6 Å². The molecule has 0 fully saturated rings. The monoisotopic (exact) mass is 299 g/mol. The highest BCUT2D eigenvalue weighted by molar-refractivity contribution is 6.43. The van der Waals surface area contributed by atoms with Gasteiger partial charge in [0.1, 0.15) is 0 Å². The van der Waals surface area contributed by atoms with E-state index in [-0.39, 0.29) is 11.5 Å². The van der Waals surface area contributed by atoms with E-state index in [1.54, 1.807) is 18.2 Å². The number of amides is 1. The molecule has 3 N–H and O–H groups in total. The van der Waals surface area contributed by atoms with Crippen molar-refractivity contribution in [1.82, 2.24) is 15.7 Å². The number of hydrogen-bond acceptors (Lipinski definition) is 6. The normalized spacial score (nSPS) is 10.8. The standard InChI is InChI=1S/C10H7Cl2N5O2/c11-6-3-1-2-5(7(6)12)4-14-15-10(18)8-9(13)17-19-16-8/h1-4H,(H2,13,17)(H,15,18)/b14-4-. The van der Waals surface area contributed by atoms with E-state index < -0.39 is 5.91 Å². The topological polar surface area (TPSA) is 106 Å². The molecule has 0 spiro atoms. The number of halogens is 2. The van der Waals surface area contributed by atoms with Gasteiger partial charge in [-0.2, -0.15) is 5.10 Å². The summed E-state index contributed by atoms with van der Waals surface area (Å²) < 4.78 is 4.29. The maximum absolute atomic E-state index is 11.5. The summed E-state index contributed by atoms with van der Waals surface area (Å²) in [7, 11) is 0. The molecule has 0 radical (unpaired) electrons. The van der Waals surface area contributed by atoms with E-state index in [9.17, 15) is 4.79 Å². The summed E-state index contributed by atoms with van der Waals surface area (Å²) in [5.41, 5.74) is 7.97. The van der Waals surface area contributed by atoms with Gasteiger partial charge in [0.05, 0.1) is 16.3 Å². The summed E-state index contributed by atoms with van der Waals surface area (Å²) in [6.07, 6.45) is 1.34. The Kier molecular flexibility index (Phi) is 3.98. The number of nitrogens with two attached hydrogens (primary N) is 1. The van der Waals surface area contributed by atoms with Crippen LogP contribution in [0, 0.1) is 0 Å². The van der Waals surface area contributed by atoms with Crippen LogP contribution in [0.25, 0.3) is 0 Å². The fourth-order valence-electron chi connectivity index (χ4n) is 1.19. The van der Waals surface area contributed by atoms with Crippen LogP contribution in [0.1, 0.15) is 16.1 Å². The van der Waals surface area contributed by atoms with Crippen LogP contribution in [-0.4, -0.2) is 22.4 Å². The third-order valence-corrected chi connectivity index (χ3v) is 2.91. The number of benzene rings is 1. The van der Waals surface area contributed by atoms with Crippen LogP contribution in [0.4, 0.5) is 5.82 Å². The van der Waals surface area contributed by atoms with Crippen molar-refractivity contribution in [2.75, 3.05) is 5.73 Å². The Morgan fingerprint density at radius 2 is 2.21 bits per heavy atom. The third kappa shape index (κ3) is 3.01. The van der Waals surface area contributed by atoms with Crippen molar-refractivity contribution in [2.45, 2.75) is 0 Å². The quantitative estimate of drug-likeness (QED) is 0.663. The minimum absolute atomic E-state index is 0.117. The fourth-order valence-corrected chi connectivity index (χ4v) is 1.54. The van der Waals surface area contributed by atoms with Gasteiger partial charge in [-0.15, -0.1) is 0 Å². The van der Waals surface area contributed by atoms with Gasteiger partial charge >= 0.3 is 0 Å². The second-order valence-corrected chi connectivity index (χ2v) is 4.13. The second kappa shape index (κ2) is 5.68. The van der Waals surface area contributed by atoms with Crippen molar-refractivity contribution in [3.63, 3.8) is 0 Å². The largest absolute Gasteiger partial charge is 0.379 e. The Balaban J connectivity index is 2.07. The molecule has 2 aromatic rings. The molecule has 9 heteroatoms. The number of hydrazone groups is 1. The molecule has 0 unspecified atom stereocenters. The van der Waals surface area contributed by atoms with Crippen molar-refractivity contribution >= 4 is 41.1 Å². The first-order valence-corrected chi connectivity index (χ1v) is 5.70. The molecule has 2 rings (SSSR count). The minimum atomic E-state index is -0.645. The molecule has 7 nitrogen and oxygen atoms in total. The number of hydrogen-bond donors (Lipinski definition) is 2. The molecule has 1 heterocycles. The van der Waals surface area contributed by atoms with Crippen LogP contribution in [-0.2, 0) is 0 Å². The maximum Gasteiger partial charge on any atom is 0.297 e. The van der Waals surface area contributed by atoms with E-state index in [1.807, 2.05) is 0 Å². The Bertz CT molecular complexity index is 641. The molecule has 0 aliphatic carbocycles. The first-order chi connectivity index (χ1) is 9.09. The minimum Gasteiger partial charge on any atom is -0.379 e. The Morgan fingerprint density at radius 3 is 2.89 bits per heavy atom. The van der Waals surface area contributed by atoms with E-state index in [1.165, 1.54) is 6.21 Å². The number of nitrogens with one attached hydrogen (secondary N) is 1. The number of anilines is 1. The number of carbonyl (C=O) groups excluding carboxylic acids is 1. The maximum atomic E-state index is 11.5. The first kappa shape index (κ1) is 13.3. The van der Waals surface area contributed by atoms with Gasteiger partial charge < -0.3 is 5.73 Å². The van der Waals surface area contributed by atoms with E-state index in [0.717, 1.165) is 0 Å². The number of rotatable bonds is 3. The predicted octanol–water partition coefficient (Wildman–Crippen LogP) is 1.72. The van der Waals surface area contributed by atoms with Gasteiger partial charge in [0.15, 0.2) is 0 Å². The molecule has 0 saturated carbocycles. The molecule has 19 heavy (non-hydrogen) atoms. The van der Waals surface area contributed by atoms with E-state index in [2.05, 4.69) is 25.5 Å². The third-order valence-electron chi connectivity index (χ3n) is 2.08. The highest BCUT2D eigenvalue weighted by Gasteiger charge is 2.14. The van der Waals surface area contributed by atoms with Gasteiger partial charge in [-0.3, -0.25) is 4.79 Å². The van der Waals surface area contributed by atoms with Crippen LogP contribution in [0.5, 0.6) is 0 Å². The SMILES string of the molecule is Nc1nonc1C(=O)N/N=C\c1cccc(Cl)c1Cl. The van der Waals surface area contributed by atoms with Gasteiger partial charge in [0, 0.05) is 5.56 Å². The van der Waals surface area contributed by atoms with Gasteiger partial charge in [-0.1, -0.05) is 35.3 Å². The number of nitrogen functional groups attached to an aromatic ring is 1. The Hall–Kier alpha value is -2.12. The average Bonchev–Trinajstić information content (AvgIpc) is 2.81. The molecular weight excluding hydrogens is 293 g/mol. The van der Waals surface area contributed by atoms with E-state index >= 15 is 0 Å². The lowest BCUT2D eigenvalue weighted by atomic mass is 10.2. The van der Waals surface area contributed by atoms with Crippen molar-refractivity contribution in [1.29, 1.82) is 0 Å². The molecular formula is C10H7Cl2N5O2. The lowest BCUT2D eigenvalue weighted by Crippen LogP contribution is -2.19. The molecule has 1 aromatic heterocycles. The molecule has 1 aromatic carbocycles. The highest BCUT2D eigenvalue weighted by Crippen LogP contribution is 2.24. The molecule has 0 saturated heterocycles. The first-order valence-electron chi connectivity index (χ1n) is 4.95. The zero-order valence-electron chi connectivity index (χ0n) is 9.30. The Morgan fingerprint density at radius 1 is 1.42 bits per heavy atom. The summed E-state index contributed by atoms with van der Waals surface area (Å²) in [5, 5.41) is 11.0. The van der Waals surface area contributed by atoms with Crippen LogP contribution >= 0.6 is 23.2 Å². The number of aromatic nitrogens is 2. The predicted molar refractivity (Wildman–Crippen MR) is 70.2 cm³/mol. The van der Waals surface area contributed by atoms with Crippen molar-refractivity contribution in [3.05, 3.63) is 39.5 Å². The number of nitrogens with zero attached hydrogens (tertiary/aromatic N) is 3. The summed E-state index contributed by atoms with van der Waals surface area (Å²) in [6.45, 7) is 0. The summed E-state index contributed by atoms with van der Waals surface area (Å²) in [6, 6.07) is 5.04. The van der Waals surface area contributed by atoms with E-state index in [4.69, 9.17) is 28.9 Å². The van der Waals surface area contributed by atoms with Gasteiger partial charge in [-0.05, 0) is 16.4 Å². The second-order valence-electron chi connectivity index (χ2n) is 3.34. The zero-order chi connectivity index (χ0) is 13.8. The fraction of sp³-hybridized carbons (Fsp3) is 0.